The average molecular weight is 472 g/mol. The molecule has 8 heteroatoms. The van der Waals surface area contributed by atoms with Crippen molar-refractivity contribution in [3.05, 3.63) is 77.8 Å². The Hall–Kier alpha value is -2.32. The number of imidazole rings is 1. The predicted molar refractivity (Wildman–Crippen MR) is 127 cm³/mol. The molecule has 1 N–H and O–H groups in total. The second-order valence-corrected chi connectivity index (χ2v) is 9.92. The second kappa shape index (κ2) is 9.27. The van der Waals surface area contributed by atoms with E-state index in [2.05, 4.69) is 10.3 Å². The van der Waals surface area contributed by atoms with E-state index in [-0.39, 0.29) is 12.0 Å². The number of carbonyl (C=O) groups is 1. The number of anilines is 1. The summed E-state index contributed by atoms with van der Waals surface area (Å²) in [6.45, 7) is 5.57. The van der Waals surface area contributed by atoms with E-state index in [1.54, 1.807) is 24.3 Å². The summed E-state index contributed by atoms with van der Waals surface area (Å²) in [5, 5.41) is 3.50. The number of benzene rings is 2. The van der Waals surface area contributed by atoms with Crippen molar-refractivity contribution >= 4 is 35.0 Å². The number of amides is 1. The molecule has 3 atom stereocenters. The minimum Gasteiger partial charge on any atom is -0.326 e. The van der Waals surface area contributed by atoms with Crippen LogP contribution < -0.4 is 5.32 Å². The molecule has 6 nitrogen and oxygen atoms in total. The summed E-state index contributed by atoms with van der Waals surface area (Å²) in [5.74, 6) is -1.06. The number of hydrogen-bond acceptors (Lipinski definition) is 5. The van der Waals surface area contributed by atoms with Gasteiger partial charge in [0.05, 0.1) is 12.4 Å². The third-order valence-corrected chi connectivity index (χ3v) is 7.08. The molecule has 1 fully saturated rings. The van der Waals surface area contributed by atoms with E-state index in [1.807, 2.05) is 73.1 Å². The monoisotopic (exact) mass is 471 g/mol. The predicted octanol–water partition coefficient (Wildman–Crippen LogP) is 5.68. The Morgan fingerprint density at radius 1 is 1.22 bits per heavy atom. The first-order valence-electron chi connectivity index (χ1n) is 10.5. The van der Waals surface area contributed by atoms with Crippen LogP contribution in [0.5, 0.6) is 0 Å². The Morgan fingerprint density at radius 3 is 2.56 bits per heavy atom. The van der Waals surface area contributed by atoms with Crippen LogP contribution in [0.4, 0.5) is 5.69 Å². The van der Waals surface area contributed by atoms with E-state index in [4.69, 9.17) is 21.1 Å². The highest BCUT2D eigenvalue weighted by molar-refractivity contribution is 8.00. The molecule has 1 saturated heterocycles. The molecule has 0 aliphatic carbocycles. The largest absolute Gasteiger partial charge is 0.326 e. The standard InChI is InChI=1S/C24H26ClN3O3S/c1-17-23(3,32-22-10-8-21(9-11-22)27-18(2)29)31-24(30-17,28-15-14-26-16-28)13-12-19-4-6-20(25)7-5-19/h4-11,14-17H,12-13H2,1-3H3,(H,27,29)/t17?,23-,24-/m0/s1. The summed E-state index contributed by atoms with van der Waals surface area (Å²) < 4.78 is 15.1. The van der Waals surface area contributed by atoms with Crippen LogP contribution in [0.15, 0.2) is 72.1 Å². The maximum Gasteiger partial charge on any atom is 0.258 e. The number of thioether (sulfide) groups is 1. The van der Waals surface area contributed by atoms with Crippen molar-refractivity contribution in [2.45, 2.75) is 55.5 Å². The molecule has 0 bridgehead atoms. The molecular formula is C24H26ClN3O3S. The van der Waals surface area contributed by atoms with Gasteiger partial charge >= 0.3 is 0 Å². The summed E-state index contributed by atoms with van der Waals surface area (Å²) in [6.07, 6.45) is 6.52. The number of carbonyl (C=O) groups excluding carboxylic acids is 1. The van der Waals surface area contributed by atoms with Crippen LogP contribution in [0, 0.1) is 0 Å². The molecule has 32 heavy (non-hydrogen) atoms. The molecule has 168 valence electrons. The second-order valence-electron chi connectivity index (χ2n) is 7.99. The lowest BCUT2D eigenvalue weighted by Gasteiger charge is -2.31. The van der Waals surface area contributed by atoms with Crippen LogP contribution in [0.3, 0.4) is 0 Å². The summed E-state index contributed by atoms with van der Waals surface area (Å²) in [4.78, 5) is 15.9. The van der Waals surface area contributed by atoms with Gasteiger partial charge in [-0.25, -0.2) is 4.98 Å². The van der Waals surface area contributed by atoms with Crippen molar-refractivity contribution in [2.24, 2.45) is 0 Å². The molecule has 4 rings (SSSR count). The van der Waals surface area contributed by atoms with Crippen LogP contribution in [0.1, 0.15) is 32.8 Å². The SMILES string of the molecule is CC(=O)Nc1ccc(S[C@]2(C)O[C@@](CCc3ccc(Cl)cc3)(n3ccnc3)OC2C)cc1. The summed E-state index contributed by atoms with van der Waals surface area (Å²) in [6, 6.07) is 15.5. The van der Waals surface area contributed by atoms with Crippen LogP contribution in [0.2, 0.25) is 5.02 Å². The normalized spacial score (nSPS) is 25.1. The van der Waals surface area contributed by atoms with Gasteiger partial charge in [0.2, 0.25) is 5.91 Å². The zero-order valence-corrected chi connectivity index (χ0v) is 19.8. The summed E-state index contributed by atoms with van der Waals surface area (Å²) >= 11 is 7.63. The van der Waals surface area contributed by atoms with Gasteiger partial charge in [0.15, 0.2) is 0 Å². The van der Waals surface area contributed by atoms with E-state index < -0.39 is 10.8 Å². The fraction of sp³-hybridized carbons (Fsp3) is 0.333. The van der Waals surface area contributed by atoms with Gasteiger partial charge in [-0.2, -0.15) is 0 Å². The number of nitrogens with one attached hydrogen (secondary N) is 1. The summed E-state index contributed by atoms with van der Waals surface area (Å²) in [5.41, 5.74) is 1.92. The molecule has 0 radical (unpaired) electrons. The first kappa shape index (κ1) is 22.9. The minimum atomic E-state index is -0.965. The quantitative estimate of drug-likeness (QED) is 0.480. The molecule has 2 heterocycles. The Balaban J connectivity index is 1.54. The number of hydrogen-bond donors (Lipinski definition) is 1. The molecule has 2 aromatic carbocycles. The Labute approximate surface area is 197 Å². The molecule has 3 aromatic rings. The third kappa shape index (κ3) is 5.02. The zero-order valence-electron chi connectivity index (χ0n) is 18.2. The number of ether oxygens (including phenoxy) is 2. The van der Waals surface area contributed by atoms with Crippen LogP contribution in [-0.2, 0) is 26.6 Å². The lowest BCUT2D eigenvalue weighted by molar-refractivity contribution is -0.244. The van der Waals surface area contributed by atoms with E-state index in [9.17, 15) is 4.79 Å². The van der Waals surface area contributed by atoms with Gasteiger partial charge in [0.25, 0.3) is 5.91 Å². The van der Waals surface area contributed by atoms with Gasteiger partial charge in [0.1, 0.15) is 4.93 Å². The molecule has 0 saturated carbocycles. The highest BCUT2D eigenvalue weighted by Gasteiger charge is 2.54. The minimum absolute atomic E-state index is 0.0932. The van der Waals surface area contributed by atoms with Gasteiger partial charge in [-0.1, -0.05) is 35.5 Å². The number of aryl methyl sites for hydroxylation is 1. The fourth-order valence-electron chi connectivity index (χ4n) is 3.72. The van der Waals surface area contributed by atoms with E-state index in [0.717, 1.165) is 22.6 Å². The fourth-order valence-corrected chi connectivity index (χ4v) is 4.97. The van der Waals surface area contributed by atoms with Crippen LogP contribution in [0.25, 0.3) is 0 Å². The molecular weight excluding hydrogens is 446 g/mol. The lowest BCUT2D eigenvalue weighted by atomic mass is 10.1. The average Bonchev–Trinajstić information content (AvgIpc) is 3.37. The van der Waals surface area contributed by atoms with Gasteiger partial charge in [-0.3, -0.25) is 9.36 Å². The van der Waals surface area contributed by atoms with Crippen molar-refractivity contribution in [1.29, 1.82) is 0 Å². The van der Waals surface area contributed by atoms with Crippen LogP contribution in [-0.4, -0.2) is 26.5 Å². The van der Waals surface area contributed by atoms with Crippen molar-refractivity contribution in [2.75, 3.05) is 5.32 Å². The molecule has 0 spiro atoms. The van der Waals surface area contributed by atoms with Crippen LogP contribution >= 0.6 is 23.4 Å². The van der Waals surface area contributed by atoms with Crippen molar-refractivity contribution in [1.82, 2.24) is 9.55 Å². The Morgan fingerprint density at radius 2 is 1.94 bits per heavy atom. The lowest BCUT2D eigenvalue weighted by Crippen LogP contribution is -2.37. The van der Waals surface area contributed by atoms with E-state index >= 15 is 0 Å². The first-order chi connectivity index (χ1) is 15.3. The molecule has 1 aromatic heterocycles. The summed E-state index contributed by atoms with van der Waals surface area (Å²) in [7, 11) is 0. The van der Waals surface area contributed by atoms with Crippen molar-refractivity contribution in [3.8, 4) is 0 Å². The van der Waals surface area contributed by atoms with E-state index in [0.29, 0.717) is 11.4 Å². The van der Waals surface area contributed by atoms with Gasteiger partial charge in [-0.05, 0) is 62.2 Å². The number of nitrogens with zero attached hydrogens (tertiary/aromatic N) is 2. The Bertz CT molecular complexity index is 1060. The first-order valence-corrected chi connectivity index (χ1v) is 11.6. The van der Waals surface area contributed by atoms with E-state index in [1.165, 1.54) is 6.92 Å². The van der Waals surface area contributed by atoms with Crippen molar-refractivity contribution < 1.29 is 14.3 Å². The van der Waals surface area contributed by atoms with Gasteiger partial charge in [0, 0.05) is 41.3 Å². The zero-order chi connectivity index (χ0) is 22.8. The maximum absolute atomic E-state index is 11.3. The molecule has 1 aliphatic heterocycles. The van der Waals surface area contributed by atoms with Gasteiger partial charge < -0.3 is 14.8 Å². The van der Waals surface area contributed by atoms with Crippen molar-refractivity contribution in [3.63, 3.8) is 0 Å². The molecule has 1 amide bonds. The highest BCUT2D eigenvalue weighted by Crippen LogP contribution is 2.50. The molecule has 1 unspecified atom stereocenters. The number of rotatable bonds is 7. The Kier molecular flexibility index (Phi) is 6.62. The topological polar surface area (TPSA) is 65.4 Å². The number of halogens is 1. The smallest absolute Gasteiger partial charge is 0.258 e. The highest BCUT2D eigenvalue weighted by atomic mass is 35.5. The molecule has 1 aliphatic rings. The maximum atomic E-state index is 11.3. The van der Waals surface area contributed by atoms with Gasteiger partial charge in [-0.15, -0.1) is 0 Å². The number of aromatic nitrogens is 2. The third-order valence-electron chi connectivity index (χ3n) is 5.50.